The Kier molecular flexibility index (Phi) is 7.86. The predicted molar refractivity (Wildman–Crippen MR) is 98.5 cm³/mol. The fourth-order valence-corrected chi connectivity index (χ4v) is 3.08. The molecule has 0 amide bonds. The van der Waals surface area contributed by atoms with E-state index in [2.05, 4.69) is 0 Å². The van der Waals surface area contributed by atoms with Gasteiger partial charge in [-0.2, -0.15) is 4.39 Å². The van der Waals surface area contributed by atoms with Crippen LogP contribution in [0.2, 0.25) is 0 Å². The molecular formula is C18H21FN2O11. The highest BCUT2D eigenvalue weighted by Crippen LogP contribution is 2.34. The van der Waals surface area contributed by atoms with Crippen molar-refractivity contribution in [3.8, 4) is 0 Å². The summed E-state index contributed by atoms with van der Waals surface area (Å²) in [7, 11) is 0. The van der Waals surface area contributed by atoms with Gasteiger partial charge in [0.15, 0.2) is 24.5 Å². The van der Waals surface area contributed by atoms with Crippen LogP contribution in [0.15, 0.2) is 15.8 Å². The van der Waals surface area contributed by atoms with Crippen LogP contribution in [0.5, 0.6) is 0 Å². The third kappa shape index (κ3) is 6.00. The molecule has 1 aliphatic heterocycles. The molecule has 0 bridgehead atoms. The van der Waals surface area contributed by atoms with Gasteiger partial charge in [0.05, 0.1) is 6.20 Å². The smallest absolute Gasteiger partial charge is 0.330 e. The molecule has 1 N–H and O–H groups in total. The zero-order valence-electron chi connectivity index (χ0n) is 17.5. The van der Waals surface area contributed by atoms with E-state index in [0.717, 1.165) is 27.7 Å². The molecule has 0 saturated carbocycles. The van der Waals surface area contributed by atoms with E-state index < -0.39 is 78.2 Å². The second kappa shape index (κ2) is 10.2. The maximum Gasteiger partial charge on any atom is 0.330 e. The first-order valence-corrected chi connectivity index (χ1v) is 9.22. The number of nitrogens with zero attached hydrogens (tertiary/aromatic N) is 1. The summed E-state index contributed by atoms with van der Waals surface area (Å²) in [5, 5.41) is 0. The molecule has 0 radical (unpaired) electrons. The fraction of sp³-hybridized carbons (Fsp3) is 0.556. The summed E-state index contributed by atoms with van der Waals surface area (Å²) in [6.07, 6.45) is -7.14. The van der Waals surface area contributed by atoms with Crippen LogP contribution < -0.4 is 11.2 Å². The van der Waals surface area contributed by atoms with Crippen LogP contribution in [0.4, 0.5) is 4.39 Å². The first-order chi connectivity index (χ1) is 14.9. The van der Waals surface area contributed by atoms with E-state index in [-0.39, 0.29) is 0 Å². The van der Waals surface area contributed by atoms with Crippen molar-refractivity contribution < 1.29 is 47.3 Å². The molecule has 2 heterocycles. The molecule has 1 aromatic rings. The van der Waals surface area contributed by atoms with E-state index in [1.807, 2.05) is 0 Å². The van der Waals surface area contributed by atoms with Gasteiger partial charge in [0.2, 0.25) is 5.82 Å². The van der Waals surface area contributed by atoms with Crippen LogP contribution in [0.1, 0.15) is 33.9 Å². The van der Waals surface area contributed by atoms with Crippen molar-refractivity contribution in [1.29, 1.82) is 0 Å². The number of rotatable bonds is 6. The number of esters is 4. The average molecular weight is 460 g/mol. The molecule has 1 saturated heterocycles. The van der Waals surface area contributed by atoms with E-state index in [0.29, 0.717) is 10.8 Å². The Morgan fingerprint density at radius 3 is 2.00 bits per heavy atom. The maximum atomic E-state index is 13.9. The van der Waals surface area contributed by atoms with Crippen LogP contribution >= 0.6 is 0 Å². The lowest BCUT2D eigenvalue weighted by Crippen LogP contribution is -2.61. The van der Waals surface area contributed by atoms with E-state index in [4.69, 9.17) is 23.7 Å². The minimum absolute atomic E-state index is 0.502. The molecule has 0 aromatic carbocycles. The lowest BCUT2D eigenvalue weighted by atomic mass is 9.97. The first kappa shape index (κ1) is 24.7. The van der Waals surface area contributed by atoms with Gasteiger partial charge in [0.25, 0.3) is 5.56 Å². The van der Waals surface area contributed by atoms with Gasteiger partial charge < -0.3 is 23.7 Å². The molecular weight excluding hydrogens is 439 g/mol. The summed E-state index contributed by atoms with van der Waals surface area (Å²) in [6.45, 7) is 3.63. The van der Waals surface area contributed by atoms with Crippen LogP contribution in [0, 0.1) is 5.82 Å². The lowest BCUT2D eigenvalue weighted by Gasteiger charge is -2.44. The number of halogens is 1. The molecule has 14 heteroatoms. The highest BCUT2D eigenvalue weighted by Gasteiger charge is 2.53. The SMILES string of the molecule is CC(=O)OC[C@@H]1O[C@H](n2cc(F)c(=O)[nH]c2=O)[C@H](OC(C)=O)[C@@H](OC(C)=O)[C@@H]1OC(C)=O. The maximum absolute atomic E-state index is 13.9. The molecule has 0 aliphatic carbocycles. The van der Waals surface area contributed by atoms with Crippen molar-refractivity contribution in [3.63, 3.8) is 0 Å². The van der Waals surface area contributed by atoms with E-state index >= 15 is 0 Å². The van der Waals surface area contributed by atoms with Crippen LogP contribution in [0.3, 0.4) is 0 Å². The molecule has 0 spiro atoms. The van der Waals surface area contributed by atoms with Crippen LogP contribution in [-0.4, -0.2) is 64.5 Å². The summed E-state index contributed by atoms with van der Waals surface area (Å²) < 4.78 is 40.6. The van der Waals surface area contributed by atoms with Gasteiger partial charge in [-0.15, -0.1) is 0 Å². The van der Waals surface area contributed by atoms with E-state index in [1.54, 1.807) is 4.98 Å². The summed E-state index contributed by atoms with van der Waals surface area (Å²) >= 11 is 0. The fourth-order valence-electron chi connectivity index (χ4n) is 3.08. The standard InChI is InChI=1S/C18H21FN2O11/c1-7(22)28-6-12-13(29-8(2)23)14(30-9(3)24)15(31-10(4)25)17(32-12)21-5-11(19)16(26)20-18(21)27/h5,12-15,17H,6H2,1-4H3,(H,20,26,27)/t12-,13+,14-,15+,17-/m0/s1. The quantitative estimate of drug-likeness (QED) is 0.405. The molecule has 32 heavy (non-hydrogen) atoms. The van der Waals surface area contributed by atoms with Crippen molar-refractivity contribution in [1.82, 2.24) is 9.55 Å². The molecule has 1 fully saturated rings. The van der Waals surface area contributed by atoms with Crippen LogP contribution in [0.25, 0.3) is 0 Å². The van der Waals surface area contributed by atoms with Gasteiger partial charge in [0.1, 0.15) is 12.7 Å². The Morgan fingerprint density at radius 2 is 1.47 bits per heavy atom. The van der Waals surface area contributed by atoms with Gasteiger partial charge >= 0.3 is 29.6 Å². The van der Waals surface area contributed by atoms with Crippen molar-refractivity contribution in [2.45, 2.75) is 58.3 Å². The van der Waals surface area contributed by atoms with Gasteiger partial charge in [-0.05, 0) is 0 Å². The van der Waals surface area contributed by atoms with Crippen LogP contribution in [-0.2, 0) is 42.9 Å². The van der Waals surface area contributed by atoms with Gasteiger partial charge in [-0.25, -0.2) is 4.79 Å². The number of hydrogen-bond acceptors (Lipinski definition) is 11. The molecule has 2 rings (SSSR count). The lowest BCUT2D eigenvalue weighted by molar-refractivity contribution is -0.269. The number of aromatic amines is 1. The first-order valence-electron chi connectivity index (χ1n) is 9.22. The monoisotopic (exact) mass is 460 g/mol. The number of ether oxygens (including phenoxy) is 5. The van der Waals surface area contributed by atoms with Crippen molar-refractivity contribution >= 4 is 23.9 Å². The Morgan fingerprint density at radius 1 is 0.938 bits per heavy atom. The highest BCUT2D eigenvalue weighted by molar-refractivity contribution is 5.68. The number of nitrogens with one attached hydrogen (secondary N) is 1. The van der Waals surface area contributed by atoms with Crippen molar-refractivity contribution in [2.24, 2.45) is 0 Å². The number of hydrogen-bond donors (Lipinski definition) is 1. The third-order valence-corrected chi connectivity index (χ3v) is 4.16. The highest BCUT2D eigenvalue weighted by atomic mass is 19.1. The zero-order valence-corrected chi connectivity index (χ0v) is 17.5. The molecule has 176 valence electrons. The zero-order chi connectivity index (χ0) is 24.2. The minimum Gasteiger partial charge on any atom is -0.463 e. The van der Waals surface area contributed by atoms with Gasteiger partial charge in [-0.3, -0.25) is 33.5 Å². The second-order valence-corrected chi connectivity index (χ2v) is 6.73. The van der Waals surface area contributed by atoms with E-state index in [9.17, 15) is 33.2 Å². The molecule has 13 nitrogen and oxygen atoms in total. The summed E-state index contributed by atoms with van der Waals surface area (Å²) in [4.78, 5) is 71.9. The number of H-pyrrole nitrogens is 1. The summed E-state index contributed by atoms with van der Waals surface area (Å²) in [6, 6.07) is 0. The van der Waals surface area contributed by atoms with E-state index in [1.165, 1.54) is 0 Å². The Balaban J connectivity index is 2.65. The van der Waals surface area contributed by atoms with Crippen molar-refractivity contribution in [2.75, 3.05) is 6.61 Å². The van der Waals surface area contributed by atoms with Gasteiger partial charge in [0, 0.05) is 27.7 Å². The Bertz CT molecular complexity index is 1020. The Labute approximate surface area is 179 Å². The number of carbonyl (C=O) groups is 4. The number of aromatic nitrogens is 2. The topological polar surface area (TPSA) is 169 Å². The third-order valence-electron chi connectivity index (χ3n) is 4.16. The van der Waals surface area contributed by atoms with Gasteiger partial charge in [-0.1, -0.05) is 0 Å². The normalized spacial score (nSPS) is 24.8. The molecule has 0 unspecified atom stereocenters. The predicted octanol–water partition coefficient (Wildman–Crippen LogP) is -1.07. The number of carbonyl (C=O) groups excluding carboxylic acids is 4. The molecule has 1 aliphatic rings. The summed E-state index contributed by atoms with van der Waals surface area (Å²) in [5.74, 6) is -4.71. The Hall–Kier alpha value is -3.55. The largest absolute Gasteiger partial charge is 0.463 e. The van der Waals surface area contributed by atoms with Crippen molar-refractivity contribution in [3.05, 3.63) is 32.9 Å². The molecule has 1 aromatic heterocycles. The molecule has 5 atom stereocenters. The summed E-state index contributed by atoms with van der Waals surface area (Å²) in [5.41, 5.74) is -2.45. The average Bonchev–Trinajstić information content (AvgIpc) is 2.65. The second-order valence-electron chi connectivity index (χ2n) is 6.73. The minimum atomic E-state index is -1.67.